The van der Waals surface area contributed by atoms with Gasteiger partial charge in [0.15, 0.2) is 5.96 Å². The first-order valence-corrected chi connectivity index (χ1v) is 10.6. The molecule has 1 unspecified atom stereocenters. The molecule has 6 nitrogen and oxygen atoms in total. The lowest BCUT2D eigenvalue weighted by Crippen LogP contribution is -2.44. The first-order chi connectivity index (χ1) is 14.0. The number of hydrogen-bond donors (Lipinski definition) is 2. The smallest absolute Gasteiger partial charge is 0.239 e. The highest BCUT2D eigenvalue weighted by Crippen LogP contribution is 2.48. The van der Waals surface area contributed by atoms with Crippen LogP contribution in [0.15, 0.2) is 29.3 Å². The second kappa shape index (κ2) is 11.3. The average Bonchev–Trinajstić information content (AvgIpc) is 3.35. The third-order valence-corrected chi connectivity index (χ3v) is 6.12. The van der Waals surface area contributed by atoms with Crippen LogP contribution < -0.4 is 10.6 Å². The van der Waals surface area contributed by atoms with Crippen LogP contribution in [-0.2, 0) is 10.2 Å². The van der Waals surface area contributed by atoms with Gasteiger partial charge in [0.1, 0.15) is 5.82 Å². The van der Waals surface area contributed by atoms with Gasteiger partial charge in [0, 0.05) is 46.2 Å². The van der Waals surface area contributed by atoms with E-state index < -0.39 is 0 Å². The number of amides is 1. The zero-order valence-electron chi connectivity index (χ0n) is 18.3. The minimum absolute atomic E-state index is 0. The van der Waals surface area contributed by atoms with Crippen molar-refractivity contribution in [2.24, 2.45) is 4.99 Å². The zero-order chi connectivity index (χ0) is 20.9. The predicted octanol–water partition coefficient (Wildman–Crippen LogP) is 2.58. The quantitative estimate of drug-likeness (QED) is 0.235. The van der Waals surface area contributed by atoms with Gasteiger partial charge in [-0.3, -0.25) is 14.7 Å². The van der Waals surface area contributed by atoms with E-state index in [-0.39, 0.29) is 47.2 Å². The van der Waals surface area contributed by atoms with Gasteiger partial charge < -0.3 is 15.5 Å². The van der Waals surface area contributed by atoms with Crippen LogP contribution in [0.1, 0.15) is 37.7 Å². The molecule has 8 heteroatoms. The highest BCUT2D eigenvalue weighted by Gasteiger charge is 2.45. The molecule has 1 atom stereocenters. The maximum Gasteiger partial charge on any atom is 0.239 e. The molecule has 1 aliphatic heterocycles. The molecule has 2 aliphatic rings. The fourth-order valence-corrected chi connectivity index (χ4v) is 4.22. The molecule has 3 rings (SSSR count). The van der Waals surface area contributed by atoms with Crippen LogP contribution in [-0.4, -0.2) is 75.0 Å². The van der Waals surface area contributed by atoms with E-state index in [0.29, 0.717) is 6.54 Å². The third kappa shape index (κ3) is 6.06. The lowest BCUT2D eigenvalue weighted by atomic mass is 9.95. The number of nitrogens with one attached hydrogen (secondary N) is 2. The average molecular weight is 531 g/mol. The number of guanidine groups is 1. The first kappa shape index (κ1) is 24.8. The van der Waals surface area contributed by atoms with E-state index in [0.717, 1.165) is 63.3 Å². The summed E-state index contributed by atoms with van der Waals surface area (Å²) in [6.07, 6.45) is 4.96. The van der Waals surface area contributed by atoms with Gasteiger partial charge in [0.2, 0.25) is 5.91 Å². The van der Waals surface area contributed by atoms with Gasteiger partial charge in [-0.05, 0) is 50.3 Å². The number of benzene rings is 1. The minimum atomic E-state index is -0.123. The number of rotatable bonds is 8. The van der Waals surface area contributed by atoms with Crippen molar-refractivity contribution in [3.05, 3.63) is 35.6 Å². The molecule has 30 heavy (non-hydrogen) atoms. The Morgan fingerprint density at radius 1 is 1.30 bits per heavy atom. The number of hydrogen-bond acceptors (Lipinski definition) is 3. The molecule has 1 saturated carbocycles. The Morgan fingerprint density at radius 2 is 2.03 bits per heavy atom. The molecule has 0 spiro atoms. The molecule has 1 heterocycles. The Balaban J connectivity index is 0.00000320. The summed E-state index contributed by atoms with van der Waals surface area (Å²) in [6, 6.07) is 7.09. The number of halogens is 2. The van der Waals surface area contributed by atoms with Crippen LogP contribution >= 0.6 is 24.0 Å². The number of aliphatic imine (C=N–C) groups is 1. The van der Waals surface area contributed by atoms with Crippen molar-refractivity contribution in [2.45, 2.75) is 43.6 Å². The molecular weight excluding hydrogens is 496 g/mol. The number of likely N-dealkylation sites (N-methyl/N-ethyl adjacent to an activating group) is 1. The Kier molecular flexibility index (Phi) is 9.33. The van der Waals surface area contributed by atoms with Gasteiger partial charge in [-0.1, -0.05) is 18.2 Å². The number of carbonyl (C=O) groups is 1. The largest absolute Gasteiger partial charge is 0.356 e. The van der Waals surface area contributed by atoms with Gasteiger partial charge in [-0.15, -0.1) is 24.0 Å². The molecule has 2 fully saturated rings. The van der Waals surface area contributed by atoms with Crippen molar-refractivity contribution in [3.8, 4) is 0 Å². The van der Waals surface area contributed by atoms with E-state index in [1.54, 1.807) is 18.0 Å². The normalized spacial score (nSPS) is 20.4. The summed E-state index contributed by atoms with van der Waals surface area (Å²) in [6.45, 7) is 3.35. The third-order valence-electron chi connectivity index (χ3n) is 6.12. The SMILES string of the molecule is CN=C(NCCCN1CCCC1C(=O)N(C)C)NCC1(c2ccccc2F)CC1.I. The summed E-state index contributed by atoms with van der Waals surface area (Å²) < 4.78 is 14.2. The van der Waals surface area contributed by atoms with E-state index in [9.17, 15) is 9.18 Å². The van der Waals surface area contributed by atoms with E-state index in [4.69, 9.17) is 0 Å². The second-order valence-electron chi connectivity index (χ2n) is 8.39. The van der Waals surface area contributed by atoms with Gasteiger partial charge in [-0.2, -0.15) is 0 Å². The summed E-state index contributed by atoms with van der Waals surface area (Å²) in [5.41, 5.74) is 0.687. The molecule has 0 bridgehead atoms. The van der Waals surface area contributed by atoms with Crippen molar-refractivity contribution in [3.63, 3.8) is 0 Å². The Labute approximate surface area is 196 Å². The maximum atomic E-state index is 14.2. The number of likely N-dealkylation sites (tertiary alicyclic amines) is 1. The fourth-order valence-electron chi connectivity index (χ4n) is 4.22. The van der Waals surface area contributed by atoms with Crippen LogP contribution in [0.25, 0.3) is 0 Å². The van der Waals surface area contributed by atoms with Crippen LogP contribution in [0.3, 0.4) is 0 Å². The molecular formula is C22H35FIN5O. The van der Waals surface area contributed by atoms with Crippen LogP contribution in [0, 0.1) is 5.82 Å². The summed E-state index contributed by atoms with van der Waals surface area (Å²) >= 11 is 0. The van der Waals surface area contributed by atoms with E-state index >= 15 is 0 Å². The molecule has 1 aliphatic carbocycles. The molecule has 1 aromatic carbocycles. The molecule has 0 aromatic heterocycles. The summed E-state index contributed by atoms with van der Waals surface area (Å²) in [4.78, 5) is 20.6. The Morgan fingerprint density at radius 3 is 2.67 bits per heavy atom. The maximum absolute atomic E-state index is 14.2. The summed E-state index contributed by atoms with van der Waals surface area (Å²) in [7, 11) is 5.40. The molecule has 1 amide bonds. The number of nitrogens with zero attached hydrogens (tertiary/aromatic N) is 3. The van der Waals surface area contributed by atoms with Gasteiger partial charge >= 0.3 is 0 Å². The van der Waals surface area contributed by atoms with Crippen molar-refractivity contribution in [1.82, 2.24) is 20.4 Å². The fraction of sp³-hybridized carbons (Fsp3) is 0.636. The summed E-state index contributed by atoms with van der Waals surface area (Å²) in [5, 5.41) is 6.72. The van der Waals surface area contributed by atoms with Gasteiger partial charge in [0.25, 0.3) is 0 Å². The van der Waals surface area contributed by atoms with Crippen LogP contribution in [0.5, 0.6) is 0 Å². The van der Waals surface area contributed by atoms with Gasteiger partial charge in [-0.25, -0.2) is 4.39 Å². The monoisotopic (exact) mass is 531 g/mol. The highest BCUT2D eigenvalue weighted by atomic mass is 127. The lowest BCUT2D eigenvalue weighted by Gasteiger charge is -2.26. The minimum Gasteiger partial charge on any atom is -0.356 e. The van der Waals surface area contributed by atoms with Crippen molar-refractivity contribution < 1.29 is 9.18 Å². The van der Waals surface area contributed by atoms with E-state index in [1.165, 1.54) is 6.07 Å². The molecule has 1 aromatic rings. The van der Waals surface area contributed by atoms with Gasteiger partial charge in [0.05, 0.1) is 6.04 Å². The second-order valence-corrected chi connectivity index (χ2v) is 8.39. The molecule has 168 valence electrons. The standard InChI is InChI=1S/C22H34FN5O.HI/c1-24-21(26-16-22(11-12-22)17-8-4-5-9-18(17)23)25-13-7-15-28-14-6-10-19(28)20(29)27(2)3;/h4-5,8-9,19H,6-7,10-16H2,1-3H3,(H2,24,25,26);1H. The predicted molar refractivity (Wildman–Crippen MR) is 130 cm³/mol. The highest BCUT2D eigenvalue weighted by molar-refractivity contribution is 14.0. The molecule has 2 N–H and O–H groups in total. The van der Waals surface area contributed by atoms with Crippen molar-refractivity contribution in [2.75, 3.05) is 47.3 Å². The molecule has 0 radical (unpaired) electrons. The van der Waals surface area contributed by atoms with E-state index in [1.807, 2.05) is 26.2 Å². The topological polar surface area (TPSA) is 60.0 Å². The van der Waals surface area contributed by atoms with E-state index in [2.05, 4.69) is 20.5 Å². The Hall–Kier alpha value is -1.42. The zero-order valence-corrected chi connectivity index (χ0v) is 20.6. The van der Waals surface area contributed by atoms with Crippen LogP contribution in [0.4, 0.5) is 4.39 Å². The summed E-state index contributed by atoms with van der Waals surface area (Å²) in [5.74, 6) is 0.827. The lowest BCUT2D eigenvalue weighted by molar-refractivity contribution is -0.133. The van der Waals surface area contributed by atoms with Crippen molar-refractivity contribution in [1.29, 1.82) is 0 Å². The first-order valence-electron chi connectivity index (χ1n) is 10.6. The van der Waals surface area contributed by atoms with Crippen molar-refractivity contribution >= 4 is 35.8 Å². The Bertz CT molecular complexity index is 738. The number of carbonyl (C=O) groups excluding carboxylic acids is 1. The van der Waals surface area contributed by atoms with Crippen LogP contribution in [0.2, 0.25) is 0 Å². The molecule has 1 saturated heterocycles.